The van der Waals surface area contributed by atoms with Crippen LogP contribution in [0.25, 0.3) is 0 Å². The molecule has 0 unspecified atom stereocenters. The number of nitrogens with zero attached hydrogens (tertiary/aromatic N) is 3. The molecule has 26 heteroatoms. The molecule has 6 atom stereocenters. The van der Waals surface area contributed by atoms with Crippen LogP contribution in [0, 0.1) is 5.92 Å². The van der Waals surface area contributed by atoms with E-state index < -0.39 is 107 Å². The maximum Gasteiger partial charge on any atom is 0.497 e. The van der Waals surface area contributed by atoms with E-state index in [1.54, 1.807) is 182 Å². The lowest BCUT2D eigenvalue weighted by Gasteiger charge is -2.40. The summed E-state index contributed by atoms with van der Waals surface area (Å²) in [5.41, 5.74) is -4.48. The Bertz CT molecular complexity index is 3720. The van der Waals surface area contributed by atoms with E-state index in [1.165, 1.54) is 61.3 Å². The number of alkyl carbamates (subject to hydrolysis) is 3. The minimum atomic E-state index is -3.50. The fourth-order valence-electron chi connectivity index (χ4n) is 14.7. The van der Waals surface area contributed by atoms with Crippen LogP contribution in [-0.2, 0) is 48.7 Å². The van der Waals surface area contributed by atoms with Crippen molar-refractivity contribution in [2.24, 2.45) is 5.92 Å². The summed E-state index contributed by atoms with van der Waals surface area (Å²) in [5, 5.41) is 49.5. The summed E-state index contributed by atoms with van der Waals surface area (Å²) in [6.07, 6.45) is -3.99. The van der Waals surface area contributed by atoms with E-state index in [1.807, 2.05) is 0 Å². The molecule has 3 aliphatic rings. The third-order valence-corrected chi connectivity index (χ3v) is 24.7. The number of aliphatic hydroxyl groups is 3. The van der Waals surface area contributed by atoms with E-state index in [0.717, 1.165) is 6.42 Å². The van der Waals surface area contributed by atoms with Crippen LogP contribution < -0.4 is 16.0 Å². The molecule has 558 valence electrons. The summed E-state index contributed by atoms with van der Waals surface area (Å²) >= 11 is 0. The van der Waals surface area contributed by atoms with Crippen LogP contribution in [-0.4, -0.2) is 197 Å². The predicted octanol–water partition coefficient (Wildman–Crippen LogP) is 9.09. The number of likely N-dealkylation sites (tertiary alicyclic amines) is 3. The Balaban J connectivity index is 1.12. The highest BCUT2D eigenvalue weighted by molar-refractivity contribution is 6.59. The second-order valence-corrected chi connectivity index (χ2v) is 32.8. The van der Waals surface area contributed by atoms with Crippen molar-refractivity contribution in [2.75, 3.05) is 67.7 Å². The minimum Gasteiger partial charge on any atom is -0.444 e. The first kappa shape index (κ1) is 78.4. The SMILES string of the molecule is CO[Si](O)(CCCNC(=O)O[C@@H]1C[C@@H](C(O)(c2ccccc2)c2ccccc2)N(C(=O)c2cc(C(=O)N3C[C@H](OC(=O)NCCCC(C)C)C[C@H]3C(O)(c3ccccc3)c3ccccc3)cc(C(=O)N3C[C@H](OC(=O)NCCC[Si](O)(OC)OC)C[C@H]3C(O)(c3ccccc3)c3ccccc3)c2)C1)OC. The average Bonchev–Trinajstić information content (AvgIpc) is 1.59. The van der Waals surface area contributed by atoms with Crippen molar-refractivity contribution in [3.05, 3.63) is 250 Å². The highest BCUT2D eigenvalue weighted by Crippen LogP contribution is 2.46. The molecule has 0 aromatic heterocycles. The average molecular weight is 1470 g/mol. The van der Waals surface area contributed by atoms with Crippen molar-refractivity contribution < 1.29 is 85.6 Å². The van der Waals surface area contributed by atoms with Crippen LogP contribution in [0.4, 0.5) is 14.4 Å². The Hall–Kier alpha value is -9.17. The summed E-state index contributed by atoms with van der Waals surface area (Å²) < 4.78 is 39.3. The van der Waals surface area contributed by atoms with Crippen LogP contribution in [0.2, 0.25) is 12.1 Å². The highest BCUT2D eigenvalue weighted by Gasteiger charge is 2.55. The van der Waals surface area contributed by atoms with E-state index in [4.69, 9.17) is 31.9 Å². The molecule has 3 saturated heterocycles. The predicted molar refractivity (Wildman–Crippen MR) is 394 cm³/mol. The third kappa shape index (κ3) is 18.2. The molecule has 0 aliphatic carbocycles. The van der Waals surface area contributed by atoms with Gasteiger partial charge in [0.25, 0.3) is 17.7 Å². The molecular formula is C79H96N6O18Si2. The Morgan fingerprint density at radius 1 is 0.400 bits per heavy atom. The van der Waals surface area contributed by atoms with E-state index in [2.05, 4.69) is 29.8 Å². The maximum atomic E-state index is 16.6. The van der Waals surface area contributed by atoms with Crippen LogP contribution >= 0.6 is 0 Å². The van der Waals surface area contributed by atoms with E-state index in [-0.39, 0.29) is 93.6 Å². The molecule has 0 radical (unpaired) electrons. The van der Waals surface area contributed by atoms with Crippen molar-refractivity contribution in [1.29, 1.82) is 0 Å². The largest absolute Gasteiger partial charge is 0.497 e. The second kappa shape index (κ2) is 35.3. The molecule has 8 N–H and O–H groups in total. The van der Waals surface area contributed by atoms with Crippen LogP contribution in [0.3, 0.4) is 0 Å². The molecule has 0 saturated carbocycles. The number of carbonyl (C=O) groups excluding carboxylic acids is 6. The number of hydrogen-bond donors (Lipinski definition) is 8. The van der Waals surface area contributed by atoms with Crippen molar-refractivity contribution in [3.8, 4) is 0 Å². The fourth-order valence-corrected chi connectivity index (χ4v) is 17.1. The Morgan fingerprint density at radius 3 is 0.848 bits per heavy atom. The number of rotatable bonds is 31. The lowest BCUT2D eigenvalue weighted by atomic mass is 9.78. The van der Waals surface area contributed by atoms with Crippen molar-refractivity contribution in [2.45, 2.75) is 124 Å². The van der Waals surface area contributed by atoms with E-state index in [0.29, 0.717) is 52.3 Å². The molecule has 3 aliphatic heterocycles. The van der Waals surface area contributed by atoms with Crippen molar-refractivity contribution >= 4 is 53.6 Å². The van der Waals surface area contributed by atoms with Gasteiger partial charge in [-0.1, -0.05) is 196 Å². The molecule has 0 bridgehead atoms. The standard InChI is InChI=1S/C79H96N6O18Si2/c1-55(2)28-25-41-80-74(89)101-65-49-68(77(92,59-29-13-7-14-30-59)60-31-15-8-16-32-60)83(52-65)71(86)56-46-57(72(87)84-53-66(102-75(90)81-42-26-44-104(95,97-3)98-4)50-69(84)78(93,61-33-17-9-18-34-61)62-35-19-10-20-36-62)48-58(47-56)73(88)85-54-67(103-76(91)82-43-27-45-105(96,99-5)100-6)51-70(85)79(94,63-37-21-11-22-38-63)64-39-23-12-24-40-64/h7-24,29-40,46-48,55,65-70,92-96H,25-28,41-45,49-54H2,1-6H3,(H,80,89)(H,81,90)(H,82,91)/t65-,66-,67-,68+,69+,70+/m1/s1. The smallest absolute Gasteiger partial charge is 0.444 e. The van der Waals surface area contributed by atoms with Gasteiger partial charge in [-0.2, -0.15) is 0 Å². The van der Waals surface area contributed by atoms with Crippen molar-refractivity contribution in [1.82, 2.24) is 30.7 Å². The quantitative estimate of drug-likeness (QED) is 0.0114. The second-order valence-electron chi connectivity index (χ2n) is 27.3. The van der Waals surface area contributed by atoms with Crippen molar-refractivity contribution in [3.63, 3.8) is 0 Å². The molecule has 0 spiro atoms. The molecule has 105 heavy (non-hydrogen) atoms. The normalized spacial score (nSPS) is 18.6. The van der Waals surface area contributed by atoms with Crippen LogP contribution in [0.15, 0.2) is 200 Å². The van der Waals surface area contributed by atoms with Gasteiger partial charge in [0, 0.05) is 96.1 Å². The summed E-state index contributed by atoms with van der Waals surface area (Å²) in [7, 11) is -1.64. The summed E-state index contributed by atoms with van der Waals surface area (Å²) in [5.74, 6) is -2.05. The number of ether oxygens (including phenoxy) is 3. The first-order valence-corrected chi connectivity index (χ1v) is 39.5. The van der Waals surface area contributed by atoms with Gasteiger partial charge in [0.2, 0.25) is 0 Å². The van der Waals surface area contributed by atoms with Gasteiger partial charge in [0.1, 0.15) is 35.1 Å². The molecule has 10 rings (SSSR count). The van der Waals surface area contributed by atoms with Gasteiger partial charge < -0.3 is 87.5 Å². The fraction of sp³-hybridized carbons (Fsp3) is 0.392. The summed E-state index contributed by atoms with van der Waals surface area (Å²) in [6.45, 7) is 3.64. The Labute approximate surface area is 614 Å². The summed E-state index contributed by atoms with van der Waals surface area (Å²) in [6, 6.07) is 52.9. The monoisotopic (exact) mass is 1470 g/mol. The molecule has 24 nitrogen and oxygen atoms in total. The van der Waals surface area contributed by atoms with E-state index >= 15 is 14.4 Å². The lowest BCUT2D eigenvalue weighted by molar-refractivity contribution is -0.00186. The number of nitrogens with one attached hydrogen (secondary N) is 3. The molecule has 7 aromatic rings. The van der Waals surface area contributed by atoms with Gasteiger partial charge in [-0.15, -0.1) is 0 Å². The zero-order valence-corrected chi connectivity index (χ0v) is 62.1. The molecule has 3 fully saturated rings. The van der Waals surface area contributed by atoms with E-state index in [9.17, 15) is 39.3 Å². The topological polar surface area (TPSA) is 314 Å². The van der Waals surface area contributed by atoms with Crippen LogP contribution in [0.5, 0.6) is 0 Å². The minimum absolute atomic E-state index is 0.0451. The third-order valence-electron chi connectivity index (χ3n) is 20.2. The first-order chi connectivity index (χ1) is 50.5. The van der Waals surface area contributed by atoms with Gasteiger partial charge in [0.05, 0.1) is 37.8 Å². The molecule has 3 heterocycles. The number of amides is 6. The molecule has 7 aromatic carbocycles. The summed E-state index contributed by atoms with van der Waals surface area (Å²) in [4.78, 5) is 117. The van der Waals surface area contributed by atoms with Gasteiger partial charge in [-0.3, -0.25) is 14.4 Å². The lowest BCUT2D eigenvalue weighted by Crippen LogP contribution is -2.51. The zero-order chi connectivity index (χ0) is 74.9. The first-order valence-electron chi connectivity index (χ1n) is 35.6. The Kier molecular flexibility index (Phi) is 26.4. The Morgan fingerprint density at radius 2 is 0.629 bits per heavy atom. The molecule has 6 amide bonds. The number of benzene rings is 7. The number of hydrogen-bond acceptors (Lipinski definition) is 18. The highest BCUT2D eigenvalue weighted by atomic mass is 28.4. The van der Waals surface area contributed by atoms with Crippen LogP contribution in [0.1, 0.15) is 123 Å². The van der Waals surface area contributed by atoms with Gasteiger partial charge in [-0.25, -0.2) is 14.4 Å². The number of carbonyl (C=O) groups is 6. The van der Waals surface area contributed by atoms with Gasteiger partial charge in [0.15, 0.2) is 0 Å². The maximum absolute atomic E-state index is 16.6. The van der Waals surface area contributed by atoms with Gasteiger partial charge in [-0.05, 0) is 83.2 Å². The van der Waals surface area contributed by atoms with Gasteiger partial charge >= 0.3 is 35.9 Å². The zero-order valence-electron chi connectivity index (χ0n) is 60.1. The molecular weight excluding hydrogens is 1380 g/mol.